The second kappa shape index (κ2) is 4.03. The van der Waals surface area contributed by atoms with E-state index in [0.29, 0.717) is 24.1 Å². The van der Waals surface area contributed by atoms with Crippen molar-refractivity contribution in [1.82, 2.24) is 0 Å². The van der Waals surface area contributed by atoms with Crippen molar-refractivity contribution in [2.24, 2.45) is 5.73 Å². The first-order valence-corrected chi connectivity index (χ1v) is 5.25. The molecular formula is C12H15NO2. The number of carbonyl (C=O) groups excluding carboxylic acids is 1. The first kappa shape index (κ1) is 10.2. The van der Waals surface area contributed by atoms with Gasteiger partial charge < -0.3 is 10.5 Å². The van der Waals surface area contributed by atoms with Gasteiger partial charge in [0, 0.05) is 12.0 Å². The van der Waals surface area contributed by atoms with Gasteiger partial charge >= 0.3 is 5.97 Å². The van der Waals surface area contributed by atoms with Crippen LogP contribution in [0, 0.1) is 0 Å². The number of benzene rings is 1. The van der Waals surface area contributed by atoms with Crippen molar-refractivity contribution in [2.45, 2.75) is 25.3 Å². The topological polar surface area (TPSA) is 52.3 Å². The summed E-state index contributed by atoms with van der Waals surface area (Å²) < 4.78 is 4.90. The third-order valence-corrected chi connectivity index (χ3v) is 2.69. The molecule has 0 spiro atoms. The van der Waals surface area contributed by atoms with Crippen LogP contribution in [0.3, 0.4) is 0 Å². The fraction of sp³-hybridized carbons (Fsp3) is 0.417. The standard InChI is InChI=1S/C12H15NO2/c1-2-15-12(14)9-5-3-8(4-6-9)10-7-11(10)13/h3-6,10-11H,2,7,13H2,1H3. The molecule has 80 valence electrons. The highest BCUT2D eigenvalue weighted by atomic mass is 16.5. The van der Waals surface area contributed by atoms with Gasteiger partial charge in [-0.25, -0.2) is 4.79 Å². The third kappa shape index (κ3) is 2.18. The van der Waals surface area contributed by atoms with Crippen molar-refractivity contribution in [3.05, 3.63) is 35.4 Å². The lowest BCUT2D eigenvalue weighted by molar-refractivity contribution is 0.0526. The van der Waals surface area contributed by atoms with Crippen molar-refractivity contribution < 1.29 is 9.53 Å². The molecule has 1 aromatic rings. The molecule has 0 radical (unpaired) electrons. The number of nitrogens with two attached hydrogens (primary N) is 1. The maximum Gasteiger partial charge on any atom is 0.338 e. The smallest absolute Gasteiger partial charge is 0.338 e. The summed E-state index contributed by atoms with van der Waals surface area (Å²) in [6.45, 7) is 2.21. The van der Waals surface area contributed by atoms with Gasteiger partial charge in [-0.15, -0.1) is 0 Å². The summed E-state index contributed by atoms with van der Waals surface area (Å²) in [6, 6.07) is 7.84. The largest absolute Gasteiger partial charge is 0.462 e. The maximum atomic E-state index is 11.4. The van der Waals surface area contributed by atoms with E-state index in [0.717, 1.165) is 6.42 Å². The first-order chi connectivity index (χ1) is 7.22. The molecule has 3 nitrogen and oxygen atoms in total. The Morgan fingerprint density at radius 3 is 2.53 bits per heavy atom. The van der Waals surface area contributed by atoms with Crippen molar-refractivity contribution in [2.75, 3.05) is 6.61 Å². The summed E-state index contributed by atoms with van der Waals surface area (Å²) in [5, 5.41) is 0. The number of hydrogen-bond acceptors (Lipinski definition) is 3. The van der Waals surface area contributed by atoms with E-state index < -0.39 is 0 Å². The molecule has 1 fully saturated rings. The van der Waals surface area contributed by atoms with Crippen molar-refractivity contribution in [1.29, 1.82) is 0 Å². The highest BCUT2D eigenvalue weighted by Crippen LogP contribution is 2.38. The number of esters is 1. The van der Waals surface area contributed by atoms with Gasteiger partial charge in [-0.2, -0.15) is 0 Å². The van der Waals surface area contributed by atoms with Crippen LogP contribution < -0.4 is 5.73 Å². The minimum atomic E-state index is -0.260. The van der Waals surface area contributed by atoms with Crippen molar-refractivity contribution >= 4 is 5.97 Å². The molecule has 15 heavy (non-hydrogen) atoms. The molecule has 0 heterocycles. The zero-order valence-corrected chi connectivity index (χ0v) is 8.77. The van der Waals surface area contributed by atoms with Gasteiger partial charge in [0.2, 0.25) is 0 Å². The van der Waals surface area contributed by atoms with Gasteiger partial charge in [-0.3, -0.25) is 0 Å². The minimum Gasteiger partial charge on any atom is -0.462 e. The SMILES string of the molecule is CCOC(=O)c1ccc(C2CC2N)cc1. The Morgan fingerprint density at radius 2 is 2.07 bits per heavy atom. The molecule has 2 unspecified atom stereocenters. The molecule has 2 rings (SSSR count). The van der Waals surface area contributed by atoms with Crippen molar-refractivity contribution in [3.63, 3.8) is 0 Å². The Balaban J connectivity index is 2.07. The zero-order chi connectivity index (χ0) is 10.8. The molecule has 0 aromatic heterocycles. The summed E-state index contributed by atoms with van der Waals surface area (Å²) in [5.74, 6) is 0.227. The van der Waals surface area contributed by atoms with Crippen LogP contribution in [-0.2, 0) is 4.74 Å². The summed E-state index contributed by atoms with van der Waals surface area (Å²) in [6.07, 6.45) is 1.05. The van der Waals surface area contributed by atoms with E-state index in [1.165, 1.54) is 5.56 Å². The lowest BCUT2D eigenvalue weighted by Gasteiger charge is -2.03. The molecule has 0 saturated heterocycles. The van der Waals surface area contributed by atoms with Crippen molar-refractivity contribution in [3.8, 4) is 0 Å². The van der Waals surface area contributed by atoms with Crippen LogP contribution in [0.1, 0.15) is 35.2 Å². The van der Waals surface area contributed by atoms with Gasteiger partial charge in [-0.05, 0) is 31.0 Å². The van der Waals surface area contributed by atoms with Crippen LogP contribution in [-0.4, -0.2) is 18.6 Å². The lowest BCUT2D eigenvalue weighted by Crippen LogP contribution is -2.05. The maximum absolute atomic E-state index is 11.4. The van der Waals surface area contributed by atoms with Gasteiger partial charge in [0.1, 0.15) is 0 Å². The van der Waals surface area contributed by atoms with Crippen LogP contribution in [0.4, 0.5) is 0 Å². The van der Waals surface area contributed by atoms with Gasteiger partial charge in [-0.1, -0.05) is 12.1 Å². The molecule has 0 bridgehead atoms. The minimum absolute atomic E-state index is 0.260. The van der Waals surface area contributed by atoms with Crippen LogP contribution in [0.5, 0.6) is 0 Å². The van der Waals surface area contributed by atoms with E-state index in [2.05, 4.69) is 0 Å². The number of ether oxygens (including phenoxy) is 1. The summed E-state index contributed by atoms with van der Waals surface area (Å²) >= 11 is 0. The summed E-state index contributed by atoms with van der Waals surface area (Å²) in [7, 11) is 0. The van der Waals surface area contributed by atoms with E-state index in [9.17, 15) is 4.79 Å². The number of hydrogen-bond donors (Lipinski definition) is 1. The number of carbonyl (C=O) groups is 1. The summed E-state index contributed by atoms with van der Waals surface area (Å²) in [5.41, 5.74) is 7.58. The quantitative estimate of drug-likeness (QED) is 0.764. The Labute approximate surface area is 89.2 Å². The second-order valence-electron chi connectivity index (χ2n) is 3.85. The highest BCUT2D eigenvalue weighted by molar-refractivity contribution is 5.89. The van der Waals surface area contributed by atoms with Gasteiger partial charge in [0.25, 0.3) is 0 Å². The van der Waals surface area contributed by atoms with Crippen LogP contribution in [0.2, 0.25) is 0 Å². The fourth-order valence-electron chi connectivity index (χ4n) is 1.68. The average Bonchev–Trinajstić information content (AvgIpc) is 2.96. The molecule has 1 aliphatic carbocycles. The van der Waals surface area contributed by atoms with Gasteiger partial charge in [0.05, 0.1) is 12.2 Å². The predicted molar refractivity (Wildman–Crippen MR) is 57.7 cm³/mol. The van der Waals surface area contributed by atoms with Crippen LogP contribution in [0.15, 0.2) is 24.3 Å². The molecule has 1 saturated carbocycles. The monoisotopic (exact) mass is 205 g/mol. The fourth-order valence-corrected chi connectivity index (χ4v) is 1.68. The average molecular weight is 205 g/mol. The Kier molecular flexibility index (Phi) is 2.73. The summed E-state index contributed by atoms with van der Waals surface area (Å²) in [4.78, 5) is 11.4. The van der Waals surface area contributed by atoms with E-state index in [1.807, 2.05) is 12.1 Å². The Morgan fingerprint density at radius 1 is 1.47 bits per heavy atom. The van der Waals surface area contributed by atoms with Gasteiger partial charge in [0.15, 0.2) is 0 Å². The molecule has 1 aromatic carbocycles. The van der Waals surface area contributed by atoms with Crippen LogP contribution in [0.25, 0.3) is 0 Å². The lowest BCUT2D eigenvalue weighted by atomic mass is 10.1. The molecule has 0 aliphatic heterocycles. The molecular weight excluding hydrogens is 190 g/mol. The highest BCUT2D eigenvalue weighted by Gasteiger charge is 2.34. The Hall–Kier alpha value is -1.35. The molecule has 2 atom stereocenters. The van der Waals surface area contributed by atoms with E-state index in [1.54, 1.807) is 19.1 Å². The zero-order valence-electron chi connectivity index (χ0n) is 8.77. The predicted octanol–water partition coefficient (Wildman–Crippen LogP) is 1.68. The van der Waals surface area contributed by atoms with E-state index >= 15 is 0 Å². The Bertz CT molecular complexity index is 358. The number of rotatable bonds is 3. The molecule has 2 N–H and O–H groups in total. The molecule has 3 heteroatoms. The van der Waals surface area contributed by atoms with E-state index in [4.69, 9.17) is 10.5 Å². The normalized spacial score (nSPS) is 23.6. The van der Waals surface area contributed by atoms with E-state index in [-0.39, 0.29) is 5.97 Å². The molecule has 0 amide bonds. The molecule has 1 aliphatic rings. The van der Waals surface area contributed by atoms with Crippen LogP contribution >= 0.6 is 0 Å². The third-order valence-electron chi connectivity index (χ3n) is 2.69. The second-order valence-corrected chi connectivity index (χ2v) is 3.85. The first-order valence-electron chi connectivity index (χ1n) is 5.25.